The number of rotatable bonds is 2. The van der Waals surface area contributed by atoms with Crippen molar-refractivity contribution in [2.24, 2.45) is 0 Å². The lowest BCUT2D eigenvalue weighted by molar-refractivity contribution is 0.227. The number of fused-ring (bicyclic) bond motifs is 1. The zero-order valence-corrected chi connectivity index (χ0v) is 9.90. The fourth-order valence-electron chi connectivity index (χ4n) is 1.41. The first-order valence-corrected chi connectivity index (χ1v) is 5.43. The fourth-order valence-corrected chi connectivity index (χ4v) is 1.82. The van der Waals surface area contributed by atoms with Gasteiger partial charge in [-0.3, -0.25) is 0 Å². The Labute approximate surface area is 87.0 Å². The monoisotopic (exact) mass is 226 g/mol. The molecule has 2 atom stereocenters. The van der Waals surface area contributed by atoms with E-state index in [1.54, 1.807) is 6.20 Å². The number of hydrogen-bond acceptors (Lipinski definition) is 2. The summed E-state index contributed by atoms with van der Waals surface area (Å²) in [6.07, 6.45) is 4.26. The van der Waals surface area contributed by atoms with E-state index in [1.165, 1.54) is 0 Å². The maximum Gasteiger partial charge on any atom is 0.136 e. The third kappa shape index (κ3) is 2.12. The van der Waals surface area contributed by atoms with Crippen LogP contribution in [0.3, 0.4) is 0 Å². The maximum atomic E-state index is 9.63. The molecule has 3 nitrogen and oxygen atoms in total. The van der Waals surface area contributed by atoms with Gasteiger partial charge in [0.05, 0.1) is 5.08 Å². The highest BCUT2D eigenvalue weighted by Gasteiger charge is 2.16. The molecule has 1 N–H and O–H groups in total. The molecule has 0 aliphatic carbocycles. The third-order valence-corrected chi connectivity index (χ3v) is 2.37. The van der Waals surface area contributed by atoms with Crippen LogP contribution in [0, 0.1) is 0 Å². The highest BCUT2D eigenvalue weighted by Crippen LogP contribution is 2.27. The van der Waals surface area contributed by atoms with Gasteiger partial charge >= 0.3 is 0 Å². The van der Waals surface area contributed by atoms with Crippen molar-refractivity contribution < 1.29 is 5.11 Å². The quantitative estimate of drug-likeness (QED) is 0.783. The summed E-state index contributed by atoms with van der Waals surface area (Å²) < 4.78 is 1.97. The first kappa shape index (κ1) is 10.0. The van der Waals surface area contributed by atoms with Crippen molar-refractivity contribution in [3.8, 4) is 0 Å². The lowest BCUT2D eigenvalue weighted by Crippen LogP contribution is -2.14. The number of nitrogens with zero attached hydrogens (tertiary/aromatic N) is 2. The Morgan fingerprint density at radius 2 is 2.21 bits per heavy atom. The van der Waals surface area contributed by atoms with Gasteiger partial charge in [0.1, 0.15) is 5.65 Å². The molecule has 0 aromatic carbocycles. The fraction of sp³-hybridized carbons (Fsp3) is 0.222. The Morgan fingerprint density at radius 3 is 2.93 bits per heavy atom. The highest BCUT2D eigenvalue weighted by atomic mass is 31.1. The van der Waals surface area contributed by atoms with Crippen molar-refractivity contribution in [2.75, 3.05) is 0 Å². The van der Waals surface area contributed by atoms with Crippen molar-refractivity contribution in [3.05, 3.63) is 36.3 Å². The lowest BCUT2D eigenvalue weighted by Gasteiger charge is -2.15. The summed E-state index contributed by atoms with van der Waals surface area (Å²) in [7, 11) is 4.77. The molecule has 5 heteroatoms. The van der Waals surface area contributed by atoms with Crippen LogP contribution in [0.15, 0.2) is 30.6 Å². The van der Waals surface area contributed by atoms with E-state index in [2.05, 4.69) is 23.5 Å². The van der Waals surface area contributed by atoms with E-state index in [9.17, 15) is 5.11 Å². The van der Waals surface area contributed by atoms with Crippen LogP contribution in [0.5, 0.6) is 0 Å². The van der Waals surface area contributed by atoms with Gasteiger partial charge in [-0.1, -0.05) is 24.5 Å². The number of imidazole rings is 1. The molecule has 74 valence electrons. The minimum Gasteiger partial charge on any atom is -0.382 e. The number of aliphatic hydroxyl groups is 1. The van der Waals surface area contributed by atoms with Crippen molar-refractivity contribution in [1.82, 2.24) is 9.38 Å². The molecule has 0 aliphatic heterocycles. The van der Waals surface area contributed by atoms with Gasteiger partial charge in [-0.05, 0) is 12.1 Å². The van der Waals surface area contributed by atoms with Crippen molar-refractivity contribution >= 4 is 24.1 Å². The van der Waals surface area contributed by atoms with E-state index >= 15 is 0 Å². The molecule has 2 heterocycles. The summed E-state index contributed by atoms with van der Waals surface area (Å²) in [4.78, 5) is 4.24. The SMILES string of the molecule is OC(P)(P)Cc1cnc2ccccn12. The van der Waals surface area contributed by atoms with E-state index in [0.29, 0.717) is 6.42 Å². The molecule has 0 radical (unpaired) electrons. The zero-order valence-electron chi connectivity index (χ0n) is 7.59. The van der Waals surface area contributed by atoms with E-state index in [4.69, 9.17) is 0 Å². The van der Waals surface area contributed by atoms with Gasteiger partial charge in [0.2, 0.25) is 0 Å². The summed E-state index contributed by atoms with van der Waals surface area (Å²) in [5.74, 6) is 0. The van der Waals surface area contributed by atoms with Crippen LogP contribution in [0.1, 0.15) is 5.69 Å². The minimum atomic E-state index is -0.855. The molecule has 0 bridgehead atoms. The normalized spacial score (nSPS) is 12.2. The molecule has 14 heavy (non-hydrogen) atoms. The van der Waals surface area contributed by atoms with Gasteiger partial charge in [0, 0.05) is 24.5 Å². The van der Waals surface area contributed by atoms with Crippen LogP contribution in [0.25, 0.3) is 5.65 Å². The lowest BCUT2D eigenvalue weighted by atomic mass is 10.3. The smallest absolute Gasteiger partial charge is 0.136 e. The second-order valence-electron chi connectivity index (χ2n) is 3.35. The van der Waals surface area contributed by atoms with Gasteiger partial charge in [0.25, 0.3) is 0 Å². The Hall–Kier alpha value is -0.490. The van der Waals surface area contributed by atoms with Crippen LogP contribution in [-0.4, -0.2) is 19.6 Å². The second kappa shape index (κ2) is 3.58. The van der Waals surface area contributed by atoms with Gasteiger partial charge in [-0.15, -0.1) is 0 Å². The molecule has 0 amide bonds. The van der Waals surface area contributed by atoms with E-state index in [-0.39, 0.29) is 0 Å². The molecular weight excluding hydrogens is 214 g/mol. The standard InChI is InChI=1S/C9H12N2OP2/c12-9(13,14)5-7-6-10-8-3-1-2-4-11(7)8/h1-4,6,12H,5,13-14H2. The van der Waals surface area contributed by atoms with Gasteiger partial charge < -0.3 is 9.51 Å². The Bertz CT molecular complexity index is 447. The molecule has 2 unspecified atom stereocenters. The van der Waals surface area contributed by atoms with Gasteiger partial charge in [-0.2, -0.15) is 0 Å². The summed E-state index contributed by atoms with van der Waals surface area (Å²) in [5, 5.41) is 8.78. The Balaban J connectivity index is 2.44. The number of aromatic nitrogens is 2. The minimum absolute atomic E-state index is 0.535. The molecular formula is C9H12N2OP2. The molecule has 2 aromatic rings. The zero-order chi connectivity index (χ0) is 10.2. The largest absolute Gasteiger partial charge is 0.382 e. The van der Waals surface area contributed by atoms with E-state index in [0.717, 1.165) is 11.3 Å². The molecule has 0 spiro atoms. The van der Waals surface area contributed by atoms with Crippen LogP contribution < -0.4 is 0 Å². The number of hydrogen-bond donors (Lipinski definition) is 1. The Kier molecular flexibility index (Phi) is 2.57. The molecule has 0 fully saturated rings. The predicted octanol–water partition coefficient (Wildman–Crippen LogP) is 1.27. The van der Waals surface area contributed by atoms with Crippen LogP contribution >= 0.6 is 18.5 Å². The highest BCUT2D eigenvalue weighted by molar-refractivity contribution is 7.39. The topological polar surface area (TPSA) is 37.5 Å². The summed E-state index contributed by atoms with van der Waals surface area (Å²) in [5.41, 5.74) is 1.90. The van der Waals surface area contributed by atoms with Crippen LogP contribution in [0.4, 0.5) is 0 Å². The second-order valence-corrected chi connectivity index (χ2v) is 6.01. The molecule has 0 saturated carbocycles. The van der Waals surface area contributed by atoms with Crippen LogP contribution in [0.2, 0.25) is 0 Å². The average molecular weight is 226 g/mol. The number of pyridine rings is 1. The molecule has 0 aliphatic rings. The molecule has 2 aromatic heterocycles. The summed E-state index contributed by atoms with van der Waals surface area (Å²) in [6, 6.07) is 5.83. The summed E-state index contributed by atoms with van der Waals surface area (Å²) in [6.45, 7) is 0. The summed E-state index contributed by atoms with van der Waals surface area (Å²) >= 11 is 0. The van der Waals surface area contributed by atoms with Crippen LogP contribution in [-0.2, 0) is 6.42 Å². The van der Waals surface area contributed by atoms with Crippen molar-refractivity contribution in [1.29, 1.82) is 0 Å². The van der Waals surface area contributed by atoms with Gasteiger partial charge in [-0.25, -0.2) is 4.98 Å². The first-order chi connectivity index (χ1) is 6.56. The maximum absolute atomic E-state index is 9.63. The van der Waals surface area contributed by atoms with Crippen molar-refractivity contribution in [3.63, 3.8) is 0 Å². The Morgan fingerprint density at radius 1 is 1.43 bits per heavy atom. The van der Waals surface area contributed by atoms with E-state index in [1.807, 2.05) is 28.8 Å². The first-order valence-electron chi connectivity index (χ1n) is 4.27. The third-order valence-electron chi connectivity index (χ3n) is 1.96. The van der Waals surface area contributed by atoms with Crippen molar-refractivity contribution in [2.45, 2.75) is 11.5 Å². The molecule has 2 rings (SSSR count). The molecule has 0 saturated heterocycles. The van der Waals surface area contributed by atoms with Gasteiger partial charge in [0.15, 0.2) is 0 Å². The predicted molar refractivity (Wildman–Crippen MR) is 63.3 cm³/mol. The van der Waals surface area contributed by atoms with E-state index < -0.39 is 5.08 Å². The average Bonchev–Trinajstić information content (AvgIpc) is 2.47.